The van der Waals surface area contributed by atoms with Crippen LogP contribution in [0.25, 0.3) is 0 Å². The lowest BCUT2D eigenvalue weighted by Crippen LogP contribution is -2.56. The first-order valence-corrected chi connectivity index (χ1v) is 14.1. The Hall–Kier alpha value is -3.45. The number of hydrogen-bond donors (Lipinski definition) is 0. The average Bonchev–Trinajstić information content (AvgIpc) is 2.95. The van der Waals surface area contributed by atoms with E-state index in [2.05, 4.69) is 15.0 Å². The number of aliphatic imine (C=N–C) groups is 3. The van der Waals surface area contributed by atoms with Gasteiger partial charge in [0.05, 0.1) is 18.1 Å². The Morgan fingerprint density at radius 3 is 0.897 bits per heavy atom. The summed E-state index contributed by atoms with van der Waals surface area (Å²) in [6, 6.07) is -0.213. The zero-order chi connectivity index (χ0) is 27.8. The SMILES string of the molecule is O=C=NC1CCC(Cn2c(=O)n(CC3CCC(N=C=O)CC3)c(=O)n(CC3CCC(N=C=O)CC3)c2=O)CC1. The van der Waals surface area contributed by atoms with Crippen molar-refractivity contribution in [2.75, 3.05) is 0 Å². The number of aromatic nitrogens is 3. The van der Waals surface area contributed by atoms with Gasteiger partial charge in [-0.15, -0.1) is 0 Å². The molecule has 4 rings (SSSR count). The molecule has 3 fully saturated rings. The molecule has 12 heteroatoms. The van der Waals surface area contributed by atoms with Crippen LogP contribution in [0, 0.1) is 17.8 Å². The quantitative estimate of drug-likeness (QED) is 0.344. The molecule has 210 valence electrons. The molecule has 1 heterocycles. The number of carbonyl (C=O) groups excluding carboxylic acids is 3. The molecule has 12 nitrogen and oxygen atoms in total. The molecule has 0 atom stereocenters. The number of nitrogens with zero attached hydrogens (tertiary/aromatic N) is 6. The van der Waals surface area contributed by atoms with Gasteiger partial charge >= 0.3 is 17.1 Å². The second kappa shape index (κ2) is 13.6. The van der Waals surface area contributed by atoms with Crippen LogP contribution in [0.15, 0.2) is 29.4 Å². The monoisotopic (exact) mass is 540 g/mol. The predicted molar refractivity (Wildman–Crippen MR) is 141 cm³/mol. The Bertz CT molecular complexity index is 1130. The third kappa shape index (κ3) is 7.15. The van der Waals surface area contributed by atoms with Crippen LogP contribution in [0.1, 0.15) is 77.0 Å². The van der Waals surface area contributed by atoms with Gasteiger partial charge in [0.2, 0.25) is 18.2 Å². The molecule has 0 N–H and O–H groups in total. The number of isocyanates is 3. The van der Waals surface area contributed by atoms with Crippen LogP contribution in [0.3, 0.4) is 0 Å². The van der Waals surface area contributed by atoms with E-state index in [4.69, 9.17) is 0 Å². The molecule has 0 bridgehead atoms. The molecule has 0 aliphatic heterocycles. The summed E-state index contributed by atoms with van der Waals surface area (Å²) in [4.78, 5) is 84.0. The maximum absolute atomic E-state index is 13.6. The second-order valence-electron chi connectivity index (χ2n) is 11.4. The summed E-state index contributed by atoms with van der Waals surface area (Å²) in [7, 11) is 0. The second-order valence-corrected chi connectivity index (χ2v) is 11.4. The van der Waals surface area contributed by atoms with Crippen molar-refractivity contribution in [2.24, 2.45) is 32.7 Å². The number of rotatable bonds is 9. The Kier molecular flexibility index (Phi) is 9.93. The van der Waals surface area contributed by atoms with E-state index >= 15 is 0 Å². The molecular weight excluding hydrogens is 504 g/mol. The van der Waals surface area contributed by atoms with Crippen molar-refractivity contribution in [1.29, 1.82) is 0 Å². The third-order valence-corrected chi connectivity index (χ3v) is 8.86. The largest absolute Gasteiger partial charge is 0.336 e. The summed E-state index contributed by atoms with van der Waals surface area (Å²) >= 11 is 0. The van der Waals surface area contributed by atoms with Gasteiger partial charge in [-0.25, -0.2) is 57.4 Å². The lowest BCUT2D eigenvalue weighted by atomic mass is 9.86. The maximum atomic E-state index is 13.6. The van der Waals surface area contributed by atoms with E-state index < -0.39 is 17.1 Å². The Morgan fingerprint density at radius 2 is 0.692 bits per heavy atom. The van der Waals surface area contributed by atoms with Gasteiger partial charge in [0.1, 0.15) is 0 Å². The van der Waals surface area contributed by atoms with E-state index in [1.807, 2.05) is 0 Å². The van der Waals surface area contributed by atoms with Crippen LogP contribution in [0.2, 0.25) is 0 Å². The van der Waals surface area contributed by atoms with Gasteiger partial charge in [0, 0.05) is 19.6 Å². The summed E-state index contributed by atoms with van der Waals surface area (Å²) in [6.07, 6.45) is 13.4. The van der Waals surface area contributed by atoms with Crippen molar-refractivity contribution in [3.8, 4) is 0 Å². The molecular formula is C27H36N6O6. The number of hydrogen-bond acceptors (Lipinski definition) is 9. The fraction of sp³-hybridized carbons (Fsp3) is 0.778. The molecule has 1 aromatic heterocycles. The summed E-state index contributed by atoms with van der Waals surface area (Å²) in [5.74, 6) is 0.212. The topological polar surface area (TPSA) is 154 Å². The zero-order valence-electron chi connectivity index (χ0n) is 22.2. The van der Waals surface area contributed by atoms with E-state index in [0.29, 0.717) is 38.5 Å². The van der Waals surface area contributed by atoms with Crippen molar-refractivity contribution in [3.63, 3.8) is 0 Å². The van der Waals surface area contributed by atoms with E-state index in [9.17, 15) is 28.8 Å². The highest BCUT2D eigenvalue weighted by atomic mass is 16.2. The molecule has 0 radical (unpaired) electrons. The fourth-order valence-electron chi connectivity index (χ4n) is 6.52. The lowest BCUT2D eigenvalue weighted by molar-refractivity contribution is 0.246. The molecule has 0 spiro atoms. The fourth-order valence-corrected chi connectivity index (χ4v) is 6.52. The molecule has 0 saturated heterocycles. The van der Waals surface area contributed by atoms with Crippen molar-refractivity contribution >= 4 is 18.2 Å². The minimum atomic E-state index is -0.577. The molecule has 0 amide bonds. The standard InChI is InChI=1S/C27H36N6O6/c34-16-28-22-7-1-19(2-8-22)13-31-25(37)32(14-20-3-9-23(10-4-20)29-17-35)27(39)33(26(31)38)15-21-5-11-24(12-6-21)30-18-36/h19-24H,1-15H2. The Balaban J connectivity index is 1.59. The highest BCUT2D eigenvalue weighted by Gasteiger charge is 2.28. The maximum Gasteiger partial charge on any atom is 0.336 e. The van der Waals surface area contributed by atoms with Crippen LogP contribution in [0.4, 0.5) is 0 Å². The molecule has 3 aliphatic rings. The first-order valence-electron chi connectivity index (χ1n) is 14.1. The smallest absolute Gasteiger partial charge is 0.247 e. The lowest BCUT2D eigenvalue weighted by Gasteiger charge is -2.29. The van der Waals surface area contributed by atoms with Gasteiger partial charge < -0.3 is 0 Å². The van der Waals surface area contributed by atoms with Crippen LogP contribution in [0.5, 0.6) is 0 Å². The van der Waals surface area contributed by atoms with E-state index in [0.717, 1.165) is 38.5 Å². The minimum absolute atomic E-state index is 0.0705. The zero-order valence-corrected chi connectivity index (χ0v) is 22.2. The van der Waals surface area contributed by atoms with Gasteiger partial charge in [-0.2, -0.15) is 0 Å². The van der Waals surface area contributed by atoms with Gasteiger partial charge in [-0.3, -0.25) is 0 Å². The van der Waals surface area contributed by atoms with Gasteiger partial charge in [-0.1, -0.05) is 0 Å². The van der Waals surface area contributed by atoms with Gasteiger partial charge in [-0.05, 0) is 94.8 Å². The summed E-state index contributed by atoms with van der Waals surface area (Å²) < 4.78 is 3.67. The van der Waals surface area contributed by atoms with Crippen molar-refractivity contribution in [3.05, 3.63) is 31.5 Å². The summed E-state index contributed by atoms with van der Waals surface area (Å²) in [5, 5.41) is 0. The van der Waals surface area contributed by atoms with E-state index in [1.165, 1.54) is 13.7 Å². The average molecular weight is 541 g/mol. The van der Waals surface area contributed by atoms with E-state index in [-0.39, 0.29) is 55.5 Å². The van der Waals surface area contributed by atoms with Crippen molar-refractivity contribution in [2.45, 2.75) is 115 Å². The van der Waals surface area contributed by atoms with Crippen LogP contribution < -0.4 is 17.1 Å². The van der Waals surface area contributed by atoms with Crippen molar-refractivity contribution < 1.29 is 14.4 Å². The van der Waals surface area contributed by atoms with Crippen LogP contribution in [-0.4, -0.2) is 50.1 Å². The molecule has 1 aromatic rings. The highest BCUT2D eigenvalue weighted by molar-refractivity contribution is 5.34. The molecule has 3 aliphatic carbocycles. The summed E-state index contributed by atoms with van der Waals surface area (Å²) in [6.45, 7) is 0.658. The predicted octanol–water partition coefficient (Wildman–Crippen LogP) is 1.86. The van der Waals surface area contributed by atoms with Crippen LogP contribution >= 0.6 is 0 Å². The molecule has 0 unspecified atom stereocenters. The first kappa shape index (κ1) is 28.6. The Morgan fingerprint density at radius 1 is 0.462 bits per heavy atom. The molecule has 39 heavy (non-hydrogen) atoms. The third-order valence-electron chi connectivity index (χ3n) is 8.86. The summed E-state index contributed by atoms with van der Waals surface area (Å²) in [5.41, 5.74) is -1.73. The first-order chi connectivity index (χ1) is 18.9. The van der Waals surface area contributed by atoms with E-state index in [1.54, 1.807) is 18.2 Å². The molecule has 0 aromatic carbocycles. The highest BCUT2D eigenvalue weighted by Crippen LogP contribution is 2.29. The molecule has 3 saturated carbocycles. The normalized spacial score (nSPS) is 28.9. The van der Waals surface area contributed by atoms with Crippen LogP contribution in [-0.2, 0) is 34.0 Å². The minimum Gasteiger partial charge on any atom is -0.247 e. The Labute approximate surface area is 225 Å². The van der Waals surface area contributed by atoms with Crippen molar-refractivity contribution in [1.82, 2.24) is 13.7 Å². The van der Waals surface area contributed by atoms with Gasteiger partial charge in [0.15, 0.2) is 0 Å². The van der Waals surface area contributed by atoms with Gasteiger partial charge in [0.25, 0.3) is 0 Å².